The topological polar surface area (TPSA) is 22.1 Å². The van der Waals surface area contributed by atoms with Crippen molar-refractivity contribution in [1.82, 2.24) is 4.98 Å². The van der Waals surface area contributed by atoms with Crippen LogP contribution < -0.4 is 4.74 Å². The standard InChI is InChI=1S/C27H25NOS/c1-19-9-13-24(14-10-19)27-28-21(3)26(30-27)16-12-22-11-15-25(20(2)17-22)29-18-23-7-5-4-6-8-23/h4-17H,18H2,1-3H3/b16-12+. The maximum absolute atomic E-state index is 5.99. The lowest BCUT2D eigenvalue weighted by molar-refractivity contribution is 0.304. The predicted molar refractivity (Wildman–Crippen MR) is 128 cm³/mol. The molecule has 0 N–H and O–H groups in total. The van der Waals surface area contributed by atoms with Gasteiger partial charge in [0.05, 0.1) is 10.6 Å². The number of aryl methyl sites for hydroxylation is 3. The first-order valence-electron chi connectivity index (χ1n) is 10.1. The van der Waals surface area contributed by atoms with Crippen LogP contribution in [0.4, 0.5) is 0 Å². The number of aromatic nitrogens is 1. The average Bonchev–Trinajstić information content (AvgIpc) is 3.13. The van der Waals surface area contributed by atoms with E-state index in [1.165, 1.54) is 21.6 Å². The van der Waals surface area contributed by atoms with E-state index in [2.05, 4.69) is 87.5 Å². The van der Waals surface area contributed by atoms with Gasteiger partial charge in [0, 0.05) is 5.56 Å². The van der Waals surface area contributed by atoms with E-state index in [-0.39, 0.29) is 0 Å². The Balaban J connectivity index is 1.46. The van der Waals surface area contributed by atoms with E-state index in [0.717, 1.165) is 27.6 Å². The smallest absolute Gasteiger partial charge is 0.124 e. The lowest BCUT2D eigenvalue weighted by Gasteiger charge is -2.10. The van der Waals surface area contributed by atoms with Gasteiger partial charge in [0.15, 0.2) is 0 Å². The molecular weight excluding hydrogens is 386 g/mol. The number of hydrogen-bond donors (Lipinski definition) is 0. The monoisotopic (exact) mass is 411 g/mol. The highest BCUT2D eigenvalue weighted by atomic mass is 32.1. The highest BCUT2D eigenvalue weighted by Gasteiger charge is 2.07. The average molecular weight is 412 g/mol. The molecule has 0 saturated heterocycles. The second-order valence-electron chi connectivity index (χ2n) is 7.47. The van der Waals surface area contributed by atoms with E-state index in [9.17, 15) is 0 Å². The minimum atomic E-state index is 0.582. The van der Waals surface area contributed by atoms with Crippen molar-refractivity contribution < 1.29 is 4.74 Å². The Labute approximate surface area is 182 Å². The second kappa shape index (κ2) is 9.10. The minimum Gasteiger partial charge on any atom is -0.489 e. The molecular formula is C27H25NOS. The number of hydrogen-bond acceptors (Lipinski definition) is 3. The Hall–Kier alpha value is -3.17. The quantitative estimate of drug-likeness (QED) is 0.328. The first kappa shape index (κ1) is 20.1. The van der Waals surface area contributed by atoms with Crippen molar-refractivity contribution in [2.24, 2.45) is 0 Å². The zero-order valence-electron chi connectivity index (χ0n) is 17.6. The van der Waals surface area contributed by atoms with Crippen LogP contribution in [0.3, 0.4) is 0 Å². The van der Waals surface area contributed by atoms with Crippen LogP contribution in [0, 0.1) is 20.8 Å². The summed E-state index contributed by atoms with van der Waals surface area (Å²) in [6.07, 6.45) is 4.30. The zero-order chi connectivity index (χ0) is 20.9. The first-order chi connectivity index (χ1) is 14.6. The van der Waals surface area contributed by atoms with E-state index < -0.39 is 0 Å². The summed E-state index contributed by atoms with van der Waals surface area (Å²) in [4.78, 5) is 5.94. The third kappa shape index (κ3) is 4.87. The molecule has 1 aromatic heterocycles. The number of nitrogens with zero attached hydrogens (tertiary/aromatic N) is 1. The lowest BCUT2D eigenvalue weighted by atomic mass is 10.1. The van der Waals surface area contributed by atoms with Crippen LogP contribution in [0.15, 0.2) is 72.8 Å². The number of thiazole rings is 1. The minimum absolute atomic E-state index is 0.582. The Bertz CT molecular complexity index is 1160. The van der Waals surface area contributed by atoms with Crippen molar-refractivity contribution in [1.29, 1.82) is 0 Å². The van der Waals surface area contributed by atoms with Crippen LogP contribution in [0.25, 0.3) is 22.7 Å². The highest BCUT2D eigenvalue weighted by Crippen LogP contribution is 2.30. The third-order valence-electron chi connectivity index (χ3n) is 4.99. The van der Waals surface area contributed by atoms with Gasteiger partial charge in [-0.15, -0.1) is 11.3 Å². The van der Waals surface area contributed by atoms with Crippen LogP contribution in [0.1, 0.15) is 32.8 Å². The SMILES string of the molecule is Cc1ccc(-c2nc(C)c(/C=C/c3ccc(OCc4ccccc4)c(C)c3)s2)cc1. The van der Waals surface area contributed by atoms with Gasteiger partial charge in [0.25, 0.3) is 0 Å². The molecule has 150 valence electrons. The van der Waals surface area contributed by atoms with Crippen molar-refractivity contribution >= 4 is 23.5 Å². The molecule has 0 fully saturated rings. The van der Waals surface area contributed by atoms with E-state index in [0.29, 0.717) is 6.61 Å². The van der Waals surface area contributed by atoms with E-state index in [4.69, 9.17) is 9.72 Å². The Morgan fingerprint density at radius 2 is 1.63 bits per heavy atom. The number of benzene rings is 3. The van der Waals surface area contributed by atoms with Gasteiger partial charge in [-0.2, -0.15) is 0 Å². The van der Waals surface area contributed by atoms with Gasteiger partial charge < -0.3 is 4.74 Å². The molecule has 0 spiro atoms. The predicted octanol–water partition coefficient (Wildman–Crippen LogP) is 7.48. The van der Waals surface area contributed by atoms with Gasteiger partial charge in [-0.1, -0.05) is 72.3 Å². The third-order valence-corrected chi connectivity index (χ3v) is 6.17. The summed E-state index contributed by atoms with van der Waals surface area (Å²) in [5.74, 6) is 0.923. The van der Waals surface area contributed by atoms with Crippen LogP contribution in [-0.4, -0.2) is 4.98 Å². The fraction of sp³-hybridized carbons (Fsp3) is 0.148. The molecule has 3 heteroatoms. The molecule has 2 nitrogen and oxygen atoms in total. The van der Waals surface area contributed by atoms with Crippen LogP contribution in [0.2, 0.25) is 0 Å². The van der Waals surface area contributed by atoms with Gasteiger partial charge in [-0.3, -0.25) is 0 Å². The van der Waals surface area contributed by atoms with Crippen molar-refractivity contribution in [3.8, 4) is 16.3 Å². The van der Waals surface area contributed by atoms with E-state index in [1.807, 2.05) is 18.2 Å². The molecule has 30 heavy (non-hydrogen) atoms. The van der Waals surface area contributed by atoms with Crippen molar-refractivity contribution in [2.45, 2.75) is 27.4 Å². The van der Waals surface area contributed by atoms with Gasteiger partial charge in [0.1, 0.15) is 17.4 Å². The number of rotatable bonds is 6. The zero-order valence-corrected chi connectivity index (χ0v) is 18.4. The molecule has 0 amide bonds. The molecule has 0 bridgehead atoms. The molecule has 1 heterocycles. The summed E-state index contributed by atoms with van der Waals surface area (Å²) in [7, 11) is 0. The van der Waals surface area contributed by atoms with Gasteiger partial charge in [-0.05, 0) is 55.7 Å². The van der Waals surface area contributed by atoms with Gasteiger partial charge >= 0.3 is 0 Å². The number of ether oxygens (including phenoxy) is 1. The fourth-order valence-electron chi connectivity index (χ4n) is 3.23. The summed E-state index contributed by atoms with van der Waals surface area (Å²) in [5, 5.41) is 1.06. The molecule has 0 atom stereocenters. The fourth-order valence-corrected chi connectivity index (χ4v) is 4.20. The molecule has 0 unspecified atom stereocenters. The van der Waals surface area contributed by atoms with E-state index >= 15 is 0 Å². The Kier molecular flexibility index (Phi) is 6.10. The molecule has 4 aromatic rings. The molecule has 0 saturated carbocycles. The normalized spacial score (nSPS) is 11.2. The molecule has 3 aromatic carbocycles. The maximum Gasteiger partial charge on any atom is 0.124 e. The van der Waals surface area contributed by atoms with Crippen molar-refractivity contribution in [2.75, 3.05) is 0 Å². The summed E-state index contributed by atoms with van der Waals surface area (Å²) in [6.45, 7) is 6.84. The first-order valence-corrected chi connectivity index (χ1v) is 10.9. The molecule has 4 rings (SSSR count). The van der Waals surface area contributed by atoms with Crippen molar-refractivity contribution in [3.63, 3.8) is 0 Å². The molecule has 0 radical (unpaired) electrons. The van der Waals surface area contributed by atoms with Gasteiger partial charge in [0.2, 0.25) is 0 Å². The highest BCUT2D eigenvalue weighted by molar-refractivity contribution is 7.16. The largest absolute Gasteiger partial charge is 0.489 e. The second-order valence-corrected chi connectivity index (χ2v) is 8.50. The van der Waals surface area contributed by atoms with Crippen LogP contribution in [0.5, 0.6) is 5.75 Å². The summed E-state index contributed by atoms with van der Waals surface area (Å²) in [5.41, 5.74) is 6.96. The summed E-state index contributed by atoms with van der Waals surface area (Å²) in [6, 6.07) is 25.1. The van der Waals surface area contributed by atoms with Gasteiger partial charge in [-0.25, -0.2) is 4.98 Å². The molecule has 0 aliphatic rings. The maximum atomic E-state index is 5.99. The molecule has 0 aliphatic carbocycles. The Morgan fingerprint density at radius 3 is 2.37 bits per heavy atom. The summed E-state index contributed by atoms with van der Waals surface area (Å²) < 4.78 is 5.99. The van der Waals surface area contributed by atoms with Crippen LogP contribution >= 0.6 is 11.3 Å². The Morgan fingerprint density at radius 1 is 0.867 bits per heavy atom. The summed E-state index contributed by atoms with van der Waals surface area (Å²) >= 11 is 1.73. The van der Waals surface area contributed by atoms with Crippen molar-refractivity contribution in [3.05, 3.63) is 106 Å². The van der Waals surface area contributed by atoms with E-state index in [1.54, 1.807) is 11.3 Å². The lowest BCUT2D eigenvalue weighted by Crippen LogP contribution is -1.96. The molecule has 0 aliphatic heterocycles. The van der Waals surface area contributed by atoms with Crippen LogP contribution in [-0.2, 0) is 6.61 Å².